The quantitative estimate of drug-likeness (QED) is 0.181. The molecule has 0 bridgehead atoms. The summed E-state index contributed by atoms with van der Waals surface area (Å²) in [6, 6.07) is 52.7. The Balaban J connectivity index is 1.24. The SMILES string of the molecule is CC(C)(C)c1ccc2sc3ccc(CC(C)(C)c4ccc5c(c4)-c4ccccc4C5(c4ccccc4)c4ccccc4)cc3c2c1. The average Bonchev–Trinajstić information content (AvgIpc) is 3.58. The molecule has 46 heavy (non-hydrogen) atoms. The van der Waals surface area contributed by atoms with Gasteiger partial charge in [-0.3, -0.25) is 0 Å². The molecule has 6 aromatic carbocycles. The molecule has 8 rings (SSSR count). The van der Waals surface area contributed by atoms with Gasteiger partial charge >= 0.3 is 0 Å². The highest BCUT2D eigenvalue weighted by atomic mass is 32.1. The third-order valence-corrected chi connectivity index (χ3v) is 11.4. The van der Waals surface area contributed by atoms with Crippen LogP contribution in [0.5, 0.6) is 0 Å². The summed E-state index contributed by atoms with van der Waals surface area (Å²) < 4.78 is 2.74. The van der Waals surface area contributed by atoms with Gasteiger partial charge in [-0.15, -0.1) is 11.3 Å². The van der Waals surface area contributed by atoms with Gasteiger partial charge in [0.15, 0.2) is 0 Å². The van der Waals surface area contributed by atoms with E-state index < -0.39 is 0 Å². The van der Waals surface area contributed by atoms with E-state index in [9.17, 15) is 0 Å². The standard InChI is InChI=1S/C45H40S/c1-43(2,3)33-22-25-42-38(27-33)37-26-30(20-24-41(37)46-42)29-44(4,5)34-21-23-40-36(28-34)35-18-12-13-19-39(35)45(40,31-14-8-6-9-15-31)32-16-10-7-11-17-32/h6-28H,29H2,1-5H3. The van der Waals surface area contributed by atoms with Gasteiger partial charge in [-0.1, -0.05) is 150 Å². The van der Waals surface area contributed by atoms with Gasteiger partial charge in [0.25, 0.3) is 0 Å². The zero-order valence-corrected chi connectivity index (χ0v) is 28.2. The number of rotatable bonds is 5. The lowest BCUT2D eigenvalue weighted by Crippen LogP contribution is -2.28. The monoisotopic (exact) mass is 612 g/mol. The van der Waals surface area contributed by atoms with Crippen molar-refractivity contribution in [1.82, 2.24) is 0 Å². The van der Waals surface area contributed by atoms with E-state index in [1.807, 2.05) is 11.3 Å². The largest absolute Gasteiger partial charge is 0.135 e. The van der Waals surface area contributed by atoms with Crippen LogP contribution in [0.4, 0.5) is 0 Å². The van der Waals surface area contributed by atoms with Crippen LogP contribution < -0.4 is 0 Å². The van der Waals surface area contributed by atoms with Crippen molar-refractivity contribution in [2.75, 3.05) is 0 Å². The van der Waals surface area contributed by atoms with Crippen LogP contribution in [0.25, 0.3) is 31.3 Å². The van der Waals surface area contributed by atoms with Crippen LogP contribution in [-0.4, -0.2) is 0 Å². The van der Waals surface area contributed by atoms with E-state index in [4.69, 9.17) is 0 Å². The maximum atomic E-state index is 2.50. The van der Waals surface area contributed by atoms with Crippen LogP contribution in [0.2, 0.25) is 0 Å². The van der Waals surface area contributed by atoms with Gasteiger partial charge in [-0.25, -0.2) is 0 Å². The fourth-order valence-electron chi connectivity index (χ4n) is 7.88. The van der Waals surface area contributed by atoms with Crippen molar-refractivity contribution in [3.05, 3.63) is 178 Å². The van der Waals surface area contributed by atoms with Gasteiger partial charge in [0.1, 0.15) is 0 Å². The molecule has 0 amide bonds. The predicted octanol–water partition coefficient (Wildman–Crippen LogP) is 12.2. The first-order valence-corrected chi connectivity index (χ1v) is 17.3. The lowest BCUT2D eigenvalue weighted by molar-refractivity contribution is 0.522. The number of thiophene rings is 1. The Bertz CT molecular complexity index is 2190. The molecule has 0 atom stereocenters. The first-order chi connectivity index (χ1) is 22.2. The minimum absolute atomic E-state index is 0.0508. The summed E-state index contributed by atoms with van der Waals surface area (Å²) in [5, 5.41) is 2.78. The van der Waals surface area contributed by atoms with Crippen LogP contribution in [0, 0.1) is 0 Å². The van der Waals surface area contributed by atoms with E-state index in [0.29, 0.717) is 0 Å². The van der Waals surface area contributed by atoms with E-state index in [-0.39, 0.29) is 16.2 Å². The van der Waals surface area contributed by atoms with E-state index in [1.54, 1.807) is 0 Å². The zero-order valence-electron chi connectivity index (χ0n) is 27.4. The maximum Gasteiger partial charge on any atom is 0.0713 e. The summed E-state index contributed by atoms with van der Waals surface area (Å²) in [5.41, 5.74) is 11.9. The normalized spacial score (nSPS) is 14.0. The second-order valence-corrected chi connectivity index (χ2v) is 15.8. The molecule has 1 heteroatoms. The Morgan fingerprint density at radius 2 is 1.07 bits per heavy atom. The maximum absolute atomic E-state index is 2.50. The highest BCUT2D eigenvalue weighted by Crippen LogP contribution is 2.56. The molecule has 1 aliphatic rings. The molecule has 0 saturated heterocycles. The summed E-state index contributed by atoms with van der Waals surface area (Å²) in [4.78, 5) is 0. The van der Waals surface area contributed by atoms with Crippen molar-refractivity contribution in [1.29, 1.82) is 0 Å². The minimum Gasteiger partial charge on any atom is -0.135 e. The van der Waals surface area contributed by atoms with Crippen LogP contribution in [0.15, 0.2) is 140 Å². The molecule has 1 aliphatic carbocycles. The second kappa shape index (κ2) is 10.5. The van der Waals surface area contributed by atoms with Crippen molar-refractivity contribution in [2.24, 2.45) is 0 Å². The Labute approximate surface area is 277 Å². The number of fused-ring (bicyclic) bond motifs is 6. The first kappa shape index (κ1) is 29.0. The molecule has 0 fully saturated rings. The van der Waals surface area contributed by atoms with Crippen molar-refractivity contribution >= 4 is 31.5 Å². The second-order valence-electron chi connectivity index (χ2n) is 14.7. The smallest absolute Gasteiger partial charge is 0.0713 e. The molecule has 1 aromatic heterocycles. The van der Waals surface area contributed by atoms with E-state index in [0.717, 1.165) is 6.42 Å². The molecule has 0 saturated carbocycles. The summed E-state index contributed by atoms with van der Waals surface area (Å²) in [7, 11) is 0. The van der Waals surface area contributed by atoms with E-state index in [2.05, 4.69) is 174 Å². The summed E-state index contributed by atoms with van der Waals surface area (Å²) in [6.07, 6.45) is 0.974. The van der Waals surface area contributed by atoms with Gasteiger partial charge in [0.2, 0.25) is 0 Å². The zero-order chi connectivity index (χ0) is 31.7. The minimum atomic E-state index is -0.353. The Kier molecular flexibility index (Phi) is 6.64. The molecule has 0 nitrogen and oxygen atoms in total. The third kappa shape index (κ3) is 4.48. The summed E-state index contributed by atoms with van der Waals surface area (Å²) in [6.45, 7) is 11.7. The Hall–Kier alpha value is -4.46. The Morgan fingerprint density at radius 1 is 0.500 bits per heavy atom. The van der Waals surface area contributed by atoms with Crippen molar-refractivity contribution in [2.45, 2.75) is 57.3 Å². The van der Waals surface area contributed by atoms with Gasteiger partial charge in [0, 0.05) is 20.2 Å². The fourth-order valence-corrected chi connectivity index (χ4v) is 8.95. The average molecular weight is 613 g/mol. The van der Waals surface area contributed by atoms with Crippen molar-refractivity contribution < 1.29 is 0 Å². The third-order valence-electron chi connectivity index (χ3n) is 10.3. The van der Waals surface area contributed by atoms with Gasteiger partial charge in [-0.05, 0) is 91.6 Å². The molecule has 0 unspecified atom stereocenters. The van der Waals surface area contributed by atoms with Gasteiger partial charge in [-0.2, -0.15) is 0 Å². The first-order valence-electron chi connectivity index (χ1n) is 16.5. The van der Waals surface area contributed by atoms with Crippen LogP contribution in [-0.2, 0) is 22.7 Å². The number of hydrogen-bond acceptors (Lipinski definition) is 1. The van der Waals surface area contributed by atoms with E-state index >= 15 is 0 Å². The van der Waals surface area contributed by atoms with Crippen LogP contribution >= 0.6 is 11.3 Å². The molecule has 0 spiro atoms. The Morgan fingerprint density at radius 3 is 1.74 bits per heavy atom. The van der Waals surface area contributed by atoms with Crippen molar-refractivity contribution in [3.8, 4) is 11.1 Å². The molecule has 0 radical (unpaired) electrons. The number of hydrogen-bond donors (Lipinski definition) is 0. The highest BCUT2D eigenvalue weighted by molar-refractivity contribution is 7.25. The highest BCUT2D eigenvalue weighted by Gasteiger charge is 2.46. The summed E-state index contributed by atoms with van der Waals surface area (Å²) >= 11 is 1.91. The topological polar surface area (TPSA) is 0 Å². The van der Waals surface area contributed by atoms with E-state index in [1.165, 1.54) is 70.2 Å². The molecule has 0 N–H and O–H groups in total. The molecule has 7 aromatic rings. The lowest BCUT2D eigenvalue weighted by atomic mass is 9.67. The lowest BCUT2D eigenvalue weighted by Gasteiger charge is -2.34. The van der Waals surface area contributed by atoms with Crippen LogP contribution in [0.3, 0.4) is 0 Å². The molecule has 1 heterocycles. The summed E-state index contributed by atoms with van der Waals surface area (Å²) in [5.74, 6) is 0. The predicted molar refractivity (Wildman–Crippen MR) is 199 cm³/mol. The molecular weight excluding hydrogens is 573 g/mol. The van der Waals surface area contributed by atoms with Gasteiger partial charge < -0.3 is 0 Å². The fraction of sp³-hybridized carbons (Fsp3) is 0.200. The molecular formula is C45H40S. The van der Waals surface area contributed by atoms with Gasteiger partial charge in [0.05, 0.1) is 5.41 Å². The number of benzene rings is 6. The van der Waals surface area contributed by atoms with Crippen LogP contribution in [0.1, 0.15) is 73.6 Å². The van der Waals surface area contributed by atoms with Crippen molar-refractivity contribution in [3.63, 3.8) is 0 Å². The molecule has 226 valence electrons. The molecule has 0 aliphatic heterocycles.